The molecule has 0 saturated heterocycles. The lowest BCUT2D eigenvalue weighted by Gasteiger charge is -2.25. The van der Waals surface area contributed by atoms with Crippen molar-refractivity contribution >= 4 is 17.5 Å². The number of hydrogen-bond donors (Lipinski definition) is 0. The number of halogens is 4. The number of ether oxygens (including phenoxy) is 1. The molecule has 0 aliphatic carbocycles. The largest absolute Gasteiger partial charge is 0.573 e. The van der Waals surface area contributed by atoms with Gasteiger partial charge in [0.25, 0.3) is 0 Å². The average Bonchev–Trinajstić information content (AvgIpc) is 2.75. The summed E-state index contributed by atoms with van der Waals surface area (Å²) in [6.07, 6.45) is -4.25. The van der Waals surface area contributed by atoms with Gasteiger partial charge in [-0.05, 0) is 25.1 Å². The molecule has 2 rings (SSSR count). The summed E-state index contributed by atoms with van der Waals surface area (Å²) in [5, 5.41) is 0.437. The highest BCUT2D eigenvalue weighted by molar-refractivity contribution is 6.24. The van der Waals surface area contributed by atoms with Crippen LogP contribution in [0.15, 0.2) is 29.3 Å². The van der Waals surface area contributed by atoms with E-state index in [9.17, 15) is 13.2 Å². The van der Waals surface area contributed by atoms with Gasteiger partial charge in [0, 0.05) is 18.5 Å². The maximum atomic E-state index is 12.2. The van der Waals surface area contributed by atoms with Crippen LogP contribution >= 0.6 is 11.6 Å². The fourth-order valence-corrected chi connectivity index (χ4v) is 2.14. The van der Waals surface area contributed by atoms with Crippen LogP contribution < -0.4 is 4.74 Å². The van der Waals surface area contributed by atoms with E-state index in [4.69, 9.17) is 16.4 Å². The van der Waals surface area contributed by atoms with Gasteiger partial charge in [0.1, 0.15) is 5.75 Å². The number of rotatable bonds is 4. The van der Waals surface area contributed by atoms with Gasteiger partial charge in [0.15, 0.2) is 0 Å². The zero-order chi connectivity index (χ0) is 15.7. The molecule has 0 spiro atoms. The van der Waals surface area contributed by atoms with Gasteiger partial charge in [-0.1, -0.05) is 29.7 Å². The molecule has 116 valence electrons. The molecule has 0 N–H and O–H groups in total. The van der Waals surface area contributed by atoms with Crippen molar-refractivity contribution in [1.29, 1.82) is 0 Å². The van der Waals surface area contributed by atoms with E-state index in [0.717, 1.165) is 0 Å². The molecule has 0 aromatic heterocycles. The fourth-order valence-electron chi connectivity index (χ4n) is 1.91. The zero-order valence-corrected chi connectivity index (χ0v) is 12.2. The quantitative estimate of drug-likeness (QED) is 0.623. The second-order valence-electron chi connectivity index (χ2n) is 4.35. The zero-order valence-electron chi connectivity index (χ0n) is 11.4. The van der Waals surface area contributed by atoms with Crippen molar-refractivity contribution in [3.8, 4) is 5.75 Å². The molecule has 1 aliphatic heterocycles. The Kier molecular flexibility index (Phi) is 4.34. The third kappa shape index (κ3) is 3.59. The van der Waals surface area contributed by atoms with Crippen LogP contribution in [-0.2, 0) is 4.84 Å². The molecule has 1 unspecified atom stereocenters. The van der Waals surface area contributed by atoms with Gasteiger partial charge < -0.3 is 9.57 Å². The van der Waals surface area contributed by atoms with Crippen LogP contribution in [0.25, 0.3) is 0 Å². The number of alkyl halides is 4. The fraction of sp³-hybridized carbons (Fsp3) is 0.462. The molecule has 8 heteroatoms. The van der Waals surface area contributed by atoms with Gasteiger partial charge in [-0.2, -0.15) is 0 Å². The molecule has 1 aromatic carbocycles. The molecule has 1 aliphatic rings. The molecule has 0 saturated carbocycles. The highest BCUT2D eigenvalue weighted by atomic mass is 35.5. The van der Waals surface area contributed by atoms with Gasteiger partial charge in [0.05, 0.1) is 0 Å². The van der Waals surface area contributed by atoms with Crippen molar-refractivity contribution in [1.82, 2.24) is 5.06 Å². The summed E-state index contributed by atoms with van der Waals surface area (Å²) >= 11 is 6.31. The molecule has 0 radical (unpaired) electrons. The first kappa shape index (κ1) is 15.9. The van der Waals surface area contributed by atoms with E-state index < -0.39 is 11.5 Å². The number of hydrogen-bond acceptors (Lipinski definition) is 4. The van der Waals surface area contributed by atoms with Crippen LogP contribution in [0.3, 0.4) is 0 Å². The van der Waals surface area contributed by atoms with E-state index in [1.807, 2.05) is 13.8 Å². The second-order valence-corrected chi connectivity index (χ2v) is 4.96. The summed E-state index contributed by atoms with van der Waals surface area (Å²) in [4.78, 5) is 9.75. The Morgan fingerprint density at radius 3 is 2.62 bits per heavy atom. The molecule has 0 bridgehead atoms. The van der Waals surface area contributed by atoms with Crippen LogP contribution in [0.4, 0.5) is 13.2 Å². The molecule has 0 fully saturated rings. The predicted molar refractivity (Wildman–Crippen MR) is 72.0 cm³/mol. The minimum Gasteiger partial charge on any atom is -0.406 e. The SMILES string of the molecule is CCN1OC(c2cccc(OC(F)(F)F)c2)=NC1(Cl)CC. The molecular formula is C13H14ClF3N2O2. The van der Waals surface area contributed by atoms with Crippen molar-refractivity contribution in [3.63, 3.8) is 0 Å². The van der Waals surface area contributed by atoms with Crippen LogP contribution in [0.1, 0.15) is 25.8 Å². The summed E-state index contributed by atoms with van der Waals surface area (Å²) in [5.74, 6) is -0.167. The Morgan fingerprint density at radius 2 is 2.10 bits per heavy atom. The standard InChI is InChI=1S/C13H14ClF3N2O2/c1-3-12(14)18-11(21-19(12)4-2)9-6-5-7-10(8-9)20-13(15,16)17/h5-8H,3-4H2,1-2H3. The number of aliphatic imine (C=N–C) groups is 1. The first-order chi connectivity index (χ1) is 9.77. The van der Waals surface area contributed by atoms with E-state index in [1.54, 1.807) is 6.07 Å². The van der Waals surface area contributed by atoms with Crippen molar-refractivity contribution in [2.45, 2.75) is 31.8 Å². The molecule has 0 amide bonds. The second kappa shape index (κ2) is 5.73. The molecule has 4 nitrogen and oxygen atoms in total. The number of hydroxylamine groups is 2. The van der Waals surface area contributed by atoms with E-state index in [-0.39, 0.29) is 11.6 Å². The van der Waals surface area contributed by atoms with Crippen LogP contribution in [0, 0.1) is 0 Å². The normalized spacial score (nSPS) is 22.9. The van der Waals surface area contributed by atoms with Gasteiger partial charge in [-0.3, -0.25) is 0 Å². The number of nitrogens with zero attached hydrogens (tertiary/aromatic N) is 2. The lowest BCUT2D eigenvalue weighted by atomic mass is 10.2. The van der Waals surface area contributed by atoms with Gasteiger partial charge in [-0.15, -0.1) is 13.2 Å². The Labute approximate surface area is 125 Å². The Morgan fingerprint density at radius 1 is 1.38 bits per heavy atom. The third-order valence-electron chi connectivity index (χ3n) is 2.90. The highest BCUT2D eigenvalue weighted by Crippen LogP contribution is 2.34. The maximum absolute atomic E-state index is 12.2. The number of benzene rings is 1. The third-order valence-corrected chi connectivity index (χ3v) is 3.44. The molecule has 1 aromatic rings. The molecule has 1 heterocycles. The summed E-state index contributed by atoms with van der Waals surface area (Å²) in [6, 6.07) is 5.42. The van der Waals surface area contributed by atoms with Crippen molar-refractivity contribution in [2.75, 3.05) is 6.54 Å². The van der Waals surface area contributed by atoms with Crippen LogP contribution in [0.5, 0.6) is 5.75 Å². The smallest absolute Gasteiger partial charge is 0.406 e. The lowest BCUT2D eigenvalue weighted by Crippen LogP contribution is -2.37. The van der Waals surface area contributed by atoms with Crippen molar-refractivity contribution in [2.24, 2.45) is 4.99 Å². The summed E-state index contributed by atoms with van der Waals surface area (Å²) < 4.78 is 40.6. The minimum absolute atomic E-state index is 0.168. The van der Waals surface area contributed by atoms with E-state index in [2.05, 4.69) is 9.73 Å². The summed E-state index contributed by atoms with van der Waals surface area (Å²) in [6.45, 7) is 4.17. The minimum atomic E-state index is -4.74. The van der Waals surface area contributed by atoms with Crippen LogP contribution in [-0.4, -0.2) is 29.0 Å². The molecular weight excluding hydrogens is 309 g/mol. The molecule has 21 heavy (non-hydrogen) atoms. The van der Waals surface area contributed by atoms with Crippen LogP contribution in [0.2, 0.25) is 0 Å². The first-order valence-corrected chi connectivity index (χ1v) is 6.76. The Balaban J connectivity index is 2.27. The monoisotopic (exact) mass is 322 g/mol. The van der Waals surface area contributed by atoms with E-state index in [1.165, 1.54) is 23.3 Å². The Hall–Kier alpha value is -1.47. The van der Waals surface area contributed by atoms with Gasteiger partial charge in [0.2, 0.25) is 11.0 Å². The lowest BCUT2D eigenvalue weighted by molar-refractivity contribution is -0.274. The summed E-state index contributed by atoms with van der Waals surface area (Å²) in [5.41, 5.74) is 0.367. The first-order valence-electron chi connectivity index (χ1n) is 6.38. The maximum Gasteiger partial charge on any atom is 0.573 e. The van der Waals surface area contributed by atoms with Gasteiger partial charge >= 0.3 is 6.36 Å². The Bertz CT molecular complexity index is 550. The van der Waals surface area contributed by atoms with Crippen molar-refractivity contribution < 1.29 is 22.7 Å². The van der Waals surface area contributed by atoms with Gasteiger partial charge in [-0.25, -0.2) is 4.99 Å². The van der Waals surface area contributed by atoms with Crippen molar-refractivity contribution in [3.05, 3.63) is 29.8 Å². The average molecular weight is 323 g/mol. The predicted octanol–water partition coefficient (Wildman–Crippen LogP) is 3.90. The van der Waals surface area contributed by atoms with E-state index in [0.29, 0.717) is 18.5 Å². The summed E-state index contributed by atoms with van der Waals surface area (Å²) in [7, 11) is 0. The van der Waals surface area contributed by atoms with E-state index >= 15 is 0 Å². The molecule has 1 atom stereocenters. The topological polar surface area (TPSA) is 34.1 Å². The highest BCUT2D eigenvalue weighted by Gasteiger charge is 2.41.